The second-order valence-electron chi connectivity index (χ2n) is 7.52. The Morgan fingerprint density at radius 1 is 1.04 bits per heavy atom. The van der Waals surface area contributed by atoms with E-state index < -0.39 is 0 Å². The fraction of sp³-hybridized carbons (Fsp3) is 0.364. The Hall–Kier alpha value is -2.60. The average Bonchev–Trinajstić information content (AvgIpc) is 3.04. The molecule has 0 N–H and O–H groups in total. The van der Waals surface area contributed by atoms with Gasteiger partial charge in [0.15, 0.2) is 4.80 Å². The SMILES string of the molecule is CCn1c(=NC(=O)c2ccc(C(C)(C)C)cc2)sc2c(OC)ccc(OC)c21. The van der Waals surface area contributed by atoms with E-state index in [0.717, 1.165) is 21.7 Å². The van der Waals surface area contributed by atoms with Crippen molar-refractivity contribution in [1.82, 2.24) is 4.57 Å². The van der Waals surface area contributed by atoms with Crippen molar-refractivity contribution >= 4 is 27.5 Å². The van der Waals surface area contributed by atoms with Crippen molar-refractivity contribution in [3.05, 3.63) is 52.3 Å². The number of carbonyl (C=O) groups is 1. The van der Waals surface area contributed by atoms with Crippen molar-refractivity contribution in [3.8, 4) is 11.5 Å². The maximum absolute atomic E-state index is 12.8. The second-order valence-corrected chi connectivity index (χ2v) is 8.50. The Labute approximate surface area is 169 Å². The molecular weight excluding hydrogens is 372 g/mol. The molecule has 0 aliphatic rings. The van der Waals surface area contributed by atoms with Crippen LogP contribution < -0.4 is 14.3 Å². The fourth-order valence-electron chi connectivity index (χ4n) is 3.10. The first-order chi connectivity index (χ1) is 13.3. The minimum absolute atomic E-state index is 0.0442. The van der Waals surface area contributed by atoms with Gasteiger partial charge in [0.2, 0.25) is 0 Å². The topological polar surface area (TPSA) is 52.8 Å². The van der Waals surface area contributed by atoms with Gasteiger partial charge in [0.25, 0.3) is 5.91 Å². The van der Waals surface area contributed by atoms with E-state index in [2.05, 4.69) is 25.8 Å². The van der Waals surface area contributed by atoms with Gasteiger partial charge in [0.1, 0.15) is 21.7 Å². The number of aromatic nitrogens is 1. The number of fused-ring (bicyclic) bond motifs is 1. The molecule has 0 aliphatic heterocycles. The van der Waals surface area contributed by atoms with E-state index in [4.69, 9.17) is 9.47 Å². The highest BCUT2D eigenvalue weighted by atomic mass is 32.1. The normalized spacial score (nSPS) is 12.4. The van der Waals surface area contributed by atoms with E-state index in [1.807, 2.05) is 47.9 Å². The summed E-state index contributed by atoms with van der Waals surface area (Å²) in [7, 11) is 3.27. The summed E-state index contributed by atoms with van der Waals surface area (Å²) >= 11 is 1.43. The third kappa shape index (κ3) is 3.69. The molecule has 148 valence electrons. The van der Waals surface area contributed by atoms with Crippen LogP contribution in [0.3, 0.4) is 0 Å². The van der Waals surface area contributed by atoms with Crippen LogP contribution in [0.15, 0.2) is 41.4 Å². The van der Waals surface area contributed by atoms with Gasteiger partial charge in [-0.1, -0.05) is 44.2 Å². The summed E-state index contributed by atoms with van der Waals surface area (Å²) in [5.74, 6) is 1.22. The summed E-state index contributed by atoms with van der Waals surface area (Å²) in [5, 5.41) is 0. The van der Waals surface area contributed by atoms with E-state index in [0.29, 0.717) is 16.9 Å². The lowest BCUT2D eigenvalue weighted by molar-refractivity contribution is 0.0998. The predicted molar refractivity (Wildman–Crippen MR) is 114 cm³/mol. The molecule has 0 spiro atoms. The molecule has 5 nitrogen and oxygen atoms in total. The Bertz CT molecular complexity index is 1070. The lowest BCUT2D eigenvalue weighted by Crippen LogP contribution is -2.16. The van der Waals surface area contributed by atoms with E-state index in [1.54, 1.807) is 14.2 Å². The first-order valence-corrected chi connectivity index (χ1v) is 10.1. The van der Waals surface area contributed by atoms with Crippen LogP contribution in [0.5, 0.6) is 11.5 Å². The molecule has 0 atom stereocenters. The van der Waals surface area contributed by atoms with Gasteiger partial charge in [-0.2, -0.15) is 4.99 Å². The van der Waals surface area contributed by atoms with Crippen molar-refractivity contribution < 1.29 is 14.3 Å². The van der Waals surface area contributed by atoms with Gasteiger partial charge < -0.3 is 14.0 Å². The zero-order valence-corrected chi connectivity index (χ0v) is 18.0. The monoisotopic (exact) mass is 398 g/mol. The molecule has 1 amide bonds. The largest absolute Gasteiger partial charge is 0.495 e. The third-order valence-electron chi connectivity index (χ3n) is 4.70. The standard InChI is InChI=1S/C22H26N2O3S/c1-7-24-18-16(26-5)12-13-17(27-6)19(18)28-21(24)23-20(25)14-8-10-15(11-9-14)22(2,3)4/h8-13H,7H2,1-6H3. The predicted octanol–water partition coefficient (Wildman–Crippen LogP) is 4.78. The molecule has 0 fully saturated rings. The van der Waals surface area contributed by atoms with E-state index in [-0.39, 0.29) is 11.3 Å². The van der Waals surface area contributed by atoms with Gasteiger partial charge in [-0.25, -0.2) is 0 Å². The first kappa shape index (κ1) is 20.1. The molecule has 28 heavy (non-hydrogen) atoms. The van der Waals surface area contributed by atoms with Crippen LogP contribution in [-0.2, 0) is 12.0 Å². The molecule has 3 rings (SSSR count). The molecule has 6 heteroatoms. The highest BCUT2D eigenvalue weighted by Gasteiger charge is 2.17. The number of carbonyl (C=O) groups excluding carboxylic acids is 1. The zero-order valence-electron chi connectivity index (χ0n) is 17.2. The minimum Gasteiger partial charge on any atom is -0.495 e. The van der Waals surface area contributed by atoms with E-state index in [1.165, 1.54) is 16.9 Å². The molecule has 3 aromatic rings. The molecule has 0 saturated heterocycles. The van der Waals surface area contributed by atoms with Gasteiger partial charge in [-0.05, 0) is 42.2 Å². The van der Waals surface area contributed by atoms with Gasteiger partial charge >= 0.3 is 0 Å². The van der Waals surface area contributed by atoms with Crippen LogP contribution in [0.2, 0.25) is 0 Å². The second kappa shape index (κ2) is 7.80. The highest BCUT2D eigenvalue weighted by Crippen LogP contribution is 2.35. The van der Waals surface area contributed by atoms with Gasteiger partial charge in [0, 0.05) is 12.1 Å². The smallest absolute Gasteiger partial charge is 0.279 e. The van der Waals surface area contributed by atoms with Crippen LogP contribution in [0.25, 0.3) is 10.2 Å². The maximum atomic E-state index is 12.8. The van der Waals surface area contributed by atoms with Gasteiger partial charge in [-0.3, -0.25) is 4.79 Å². The number of benzene rings is 2. The van der Waals surface area contributed by atoms with E-state index in [9.17, 15) is 4.79 Å². The van der Waals surface area contributed by atoms with Crippen molar-refractivity contribution in [2.75, 3.05) is 14.2 Å². The molecule has 0 unspecified atom stereocenters. The number of hydrogen-bond donors (Lipinski definition) is 0. The summed E-state index contributed by atoms with van der Waals surface area (Å²) in [6, 6.07) is 11.4. The molecule has 1 heterocycles. The summed E-state index contributed by atoms with van der Waals surface area (Å²) in [5.41, 5.74) is 2.70. The number of rotatable bonds is 4. The number of hydrogen-bond acceptors (Lipinski definition) is 4. The van der Waals surface area contributed by atoms with Crippen LogP contribution in [0.1, 0.15) is 43.6 Å². The molecule has 0 saturated carbocycles. The number of amides is 1. The number of thiazole rings is 1. The molecule has 0 bridgehead atoms. The lowest BCUT2D eigenvalue weighted by Gasteiger charge is -2.18. The summed E-state index contributed by atoms with van der Waals surface area (Å²) in [6.45, 7) is 9.13. The summed E-state index contributed by atoms with van der Waals surface area (Å²) in [4.78, 5) is 17.8. The van der Waals surface area contributed by atoms with Gasteiger partial charge in [0.05, 0.1) is 14.2 Å². The Morgan fingerprint density at radius 3 is 2.18 bits per heavy atom. The minimum atomic E-state index is -0.257. The van der Waals surface area contributed by atoms with Crippen LogP contribution in [-0.4, -0.2) is 24.7 Å². The molecule has 1 aromatic heterocycles. The molecule has 0 radical (unpaired) electrons. The van der Waals surface area contributed by atoms with Gasteiger partial charge in [-0.15, -0.1) is 0 Å². The van der Waals surface area contributed by atoms with Crippen LogP contribution >= 0.6 is 11.3 Å². The number of nitrogens with zero attached hydrogens (tertiary/aromatic N) is 2. The Kier molecular flexibility index (Phi) is 5.61. The van der Waals surface area contributed by atoms with E-state index >= 15 is 0 Å². The van der Waals surface area contributed by atoms with Crippen molar-refractivity contribution in [1.29, 1.82) is 0 Å². The number of methoxy groups -OCH3 is 2. The van der Waals surface area contributed by atoms with Crippen LogP contribution in [0.4, 0.5) is 0 Å². The quantitative estimate of drug-likeness (QED) is 0.636. The zero-order chi connectivity index (χ0) is 20.5. The fourth-order valence-corrected chi connectivity index (χ4v) is 4.30. The lowest BCUT2D eigenvalue weighted by atomic mass is 9.87. The van der Waals surface area contributed by atoms with Crippen molar-refractivity contribution in [3.63, 3.8) is 0 Å². The Morgan fingerprint density at radius 2 is 1.64 bits per heavy atom. The summed E-state index contributed by atoms with van der Waals surface area (Å²) in [6.07, 6.45) is 0. The molecule has 0 aliphatic carbocycles. The average molecular weight is 399 g/mol. The number of ether oxygens (including phenoxy) is 2. The van der Waals surface area contributed by atoms with Crippen molar-refractivity contribution in [2.24, 2.45) is 4.99 Å². The summed E-state index contributed by atoms with van der Waals surface area (Å²) < 4.78 is 13.9. The van der Waals surface area contributed by atoms with Crippen LogP contribution in [0, 0.1) is 0 Å². The Balaban J connectivity index is 2.12. The number of aryl methyl sites for hydroxylation is 1. The first-order valence-electron chi connectivity index (χ1n) is 9.24. The maximum Gasteiger partial charge on any atom is 0.279 e. The molecular formula is C22H26N2O3S. The highest BCUT2D eigenvalue weighted by molar-refractivity contribution is 7.16. The molecule has 2 aromatic carbocycles. The van der Waals surface area contributed by atoms with Crippen molar-refractivity contribution in [2.45, 2.75) is 39.7 Å². The third-order valence-corrected chi connectivity index (χ3v) is 5.80.